The lowest BCUT2D eigenvalue weighted by Gasteiger charge is -2.31. The van der Waals surface area contributed by atoms with E-state index in [2.05, 4.69) is 15.3 Å². The van der Waals surface area contributed by atoms with Gasteiger partial charge < -0.3 is 15.0 Å². The molecule has 0 aliphatic carbocycles. The Balaban J connectivity index is 1.71. The highest BCUT2D eigenvalue weighted by Crippen LogP contribution is 2.34. The number of carbonyl (C=O) groups excluding carboxylic acids is 1. The summed E-state index contributed by atoms with van der Waals surface area (Å²) in [6.07, 6.45) is 2.87. The second-order valence-corrected chi connectivity index (χ2v) is 7.86. The van der Waals surface area contributed by atoms with Crippen LogP contribution in [0.3, 0.4) is 0 Å². The van der Waals surface area contributed by atoms with Gasteiger partial charge in [0, 0.05) is 29.7 Å². The molecule has 0 amide bonds. The zero-order valence-electron chi connectivity index (χ0n) is 17.0. The van der Waals surface area contributed by atoms with Gasteiger partial charge in [-0.1, -0.05) is 29.3 Å². The predicted octanol–water partition coefficient (Wildman–Crippen LogP) is 4.13. The molecule has 0 radical (unpaired) electrons. The van der Waals surface area contributed by atoms with Crippen molar-refractivity contribution >= 4 is 46.5 Å². The van der Waals surface area contributed by atoms with Gasteiger partial charge in [0.25, 0.3) is 0 Å². The molecule has 1 aromatic carbocycles. The quantitative estimate of drug-likeness (QED) is 0.350. The fraction of sp³-hybridized carbons (Fsp3) is 0.450. The number of anilines is 2. The summed E-state index contributed by atoms with van der Waals surface area (Å²) in [5.41, 5.74) is 0.568. The standard InChI is InChI=1S/C20H23Cl2N5O4/c1-2-31-20(28)13-7-10-26(11-8-13)19-17(27(29)30)18(24-12-25-19)23-9-6-14-15(21)4-3-5-16(14)22/h3-5,12-13H,2,6-11H2,1H3,(H,23,24,25). The average Bonchev–Trinajstić information content (AvgIpc) is 2.75. The first-order chi connectivity index (χ1) is 14.9. The van der Waals surface area contributed by atoms with Gasteiger partial charge in [0.15, 0.2) is 0 Å². The number of halogens is 2. The third-order valence-corrected chi connectivity index (χ3v) is 5.84. The summed E-state index contributed by atoms with van der Waals surface area (Å²) in [5, 5.41) is 15.9. The minimum atomic E-state index is -0.489. The Morgan fingerprint density at radius 3 is 2.58 bits per heavy atom. The molecule has 2 heterocycles. The summed E-state index contributed by atoms with van der Waals surface area (Å²) in [5.74, 6) is -0.0544. The molecule has 0 atom stereocenters. The molecule has 0 spiro atoms. The number of hydrogen-bond donors (Lipinski definition) is 1. The smallest absolute Gasteiger partial charge is 0.353 e. The van der Waals surface area contributed by atoms with Gasteiger partial charge in [0.2, 0.25) is 11.6 Å². The number of hydrogen-bond acceptors (Lipinski definition) is 8. The summed E-state index contributed by atoms with van der Waals surface area (Å²) in [6, 6.07) is 5.25. The highest BCUT2D eigenvalue weighted by molar-refractivity contribution is 6.36. The van der Waals surface area contributed by atoms with E-state index in [1.807, 2.05) is 4.90 Å². The number of rotatable bonds is 8. The maximum absolute atomic E-state index is 12.0. The molecule has 0 bridgehead atoms. The van der Waals surface area contributed by atoms with Crippen LogP contribution in [0, 0.1) is 16.0 Å². The lowest BCUT2D eigenvalue weighted by Crippen LogP contribution is -2.37. The molecule has 1 N–H and O–H groups in total. The lowest BCUT2D eigenvalue weighted by atomic mass is 9.97. The summed E-state index contributed by atoms with van der Waals surface area (Å²) >= 11 is 12.4. The SMILES string of the molecule is CCOC(=O)C1CCN(c2ncnc(NCCc3c(Cl)cccc3Cl)c2[N+](=O)[O-])CC1. The summed E-state index contributed by atoms with van der Waals surface area (Å²) in [7, 11) is 0. The highest BCUT2D eigenvalue weighted by atomic mass is 35.5. The molecule has 31 heavy (non-hydrogen) atoms. The predicted molar refractivity (Wildman–Crippen MR) is 119 cm³/mol. The van der Waals surface area contributed by atoms with Crippen LogP contribution in [0.5, 0.6) is 0 Å². The van der Waals surface area contributed by atoms with Crippen LogP contribution in [-0.4, -0.2) is 47.1 Å². The number of aromatic nitrogens is 2. The Morgan fingerprint density at radius 2 is 1.97 bits per heavy atom. The molecule has 1 fully saturated rings. The van der Waals surface area contributed by atoms with Crippen molar-refractivity contribution < 1.29 is 14.5 Å². The van der Waals surface area contributed by atoms with Crippen molar-refractivity contribution in [2.75, 3.05) is 36.5 Å². The molecule has 166 valence electrons. The molecule has 0 saturated carbocycles. The minimum absolute atomic E-state index is 0.130. The van der Waals surface area contributed by atoms with Crippen LogP contribution in [0.1, 0.15) is 25.3 Å². The van der Waals surface area contributed by atoms with Crippen LogP contribution >= 0.6 is 23.2 Å². The molecule has 3 rings (SSSR count). The third-order valence-electron chi connectivity index (χ3n) is 5.13. The molecule has 9 nitrogen and oxygen atoms in total. The van der Waals surface area contributed by atoms with Gasteiger partial charge in [-0.3, -0.25) is 14.9 Å². The van der Waals surface area contributed by atoms with Gasteiger partial charge in [-0.2, -0.15) is 0 Å². The number of benzene rings is 1. The van der Waals surface area contributed by atoms with Gasteiger partial charge in [-0.25, -0.2) is 9.97 Å². The van der Waals surface area contributed by atoms with Gasteiger partial charge in [0.1, 0.15) is 6.33 Å². The van der Waals surface area contributed by atoms with Crippen LogP contribution in [0.4, 0.5) is 17.3 Å². The third kappa shape index (κ3) is 5.54. The molecule has 1 aliphatic heterocycles. The second-order valence-electron chi connectivity index (χ2n) is 7.04. The maximum Gasteiger partial charge on any atom is 0.353 e. The number of nitrogens with zero attached hydrogens (tertiary/aromatic N) is 4. The van der Waals surface area contributed by atoms with E-state index < -0.39 is 4.92 Å². The first-order valence-electron chi connectivity index (χ1n) is 10.00. The van der Waals surface area contributed by atoms with Crippen LogP contribution in [0.25, 0.3) is 0 Å². The Kier molecular flexibility index (Phi) is 7.86. The fourth-order valence-electron chi connectivity index (χ4n) is 3.56. The van der Waals surface area contributed by atoms with Crippen molar-refractivity contribution in [3.8, 4) is 0 Å². The molecular weight excluding hydrogens is 445 g/mol. The van der Waals surface area contributed by atoms with Crippen molar-refractivity contribution in [2.45, 2.75) is 26.2 Å². The van der Waals surface area contributed by atoms with Gasteiger partial charge in [-0.05, 0) is 43.9 Å². The number of nitro groups is 1. The zero-order chi connectivity index (χ0) is 22.4. The Labute approximate surface area is 189 Å². The summed E-state index contributed by atoms with van der Waals surface area (Å²) in [6.45, 7) is 3.40. The van der Waals surface area contributed by atoms with Crippen molar-refractivity contribution in [3.05, 3.63) is 50.2 Å². The van der Waals surface area contributed by atoms with E-state index in [1.165, 1.54) is 6.33 Å². The maximum atomic E-state index is 12.0. The van der Waals surface area contributed by atoms with E-state index in [9.17, 15) is 14.9 Å². The van der Waals surface area contributed by atoms with Crippen molar-refractivity contribution in [1.82, 2.24) is 9.97 Å². The van der Waals surface area contributed by atoms with Gasteiger partial charge >= 0.3 is 11.7 Å². The topological polar surface area (TPSA) is 110 Å². The Morgan fingerprint density at radius 1 is 1.29 bits per heavy atom. The molecule has 0 unspecified atom stereocenters. The fourth-order valence-corrected chi connectivity index (χ4v) is 4.15. The number of ether oxygens (including phenoxy) is 1. The number of carbonyl (C=O) groups is 1. The Hall–Kier alpha value is -2.65. The Bertz CT molecular complexity index is 931. The zero-order valence-corrected chi connectivity index (χ0v) is 18.5. The van der Waals surface area contributed by atoms with E-state index >= 15 is 0 Å². The van der Waals surface area contributed by atoms with Crippen molar-refractivity contribution in [2.24, 2.45) is 5.92 Å². The highest BCUT2D eigenvalue weighted by Gasteiger charge is 2.32. The molecule has 1 aliphatic rings. The van der Waals surface area contributed by atoms with Crippen LogP contribution in [0.2, 0.25) is 10.0 Å². The molecule has 11 heteroatoms. The second kappa shape index (κ2) is 10.6. The first-order valence-corrected chi connectivity index (χ1v) is 10.8. The normalized spacial score (nSPS) is 14.4. The van der Waals surface area contributed by atoms with E-state index in [4.69, 9.17) is 27.9 Å². The molecular formula is C20H23Cl2N5O4. The molecule has 1 aromatic heterocycles. The lowest BCUT2D eigenvalue weighted by molar-refractivity contribution is -0.383. The average molecular weight is 468 g/mol. The van der Waals surface area contributed by atoms with E-state index in [1.54, 1.807) is 25.1 Å². The van der Waals surface area contributed by atoms with E-state index in [-0.39, 0.29) is 29.2 Å². The number of esters is 1. The van der Waals surface area contributed by atoms with Crippen LogP contribution in [-0.2, 0) is 16.0 Å². The van der Waals surface area contributed by atoms with Gasteiger partial charge in [-0.15, -0.1) is 0 Å². The van der Waals surface area contributed by atoms with Crippen molar-refractivity contribution in [3.63, 3.8) is 0 Å². The van der Waals surface area contributed by atoms with E-state index in [0.717, 1.165) is 5.56 Å². The van der Waals surface area contributed by atoms with Crippen molar-refractivity contribution in [1.29, 1.82) is 0 Å². The first kappa shape index (κ1) is 23.0. The van der Waals surface area contributed by atoms with Crippen LogP contribution < -0.4 is 10.2 Å². The number of nitrogens with one attached hydrogen (secondary N) is 1. The minimum Gasteiger partial charge on any atom is -0.466 e. The monoisotopic (exact) mass is 467 g/mol. The van der Waals surface area contributed by atoms with Gasteiger partial charge in [0.05, 0.1) is 17.4 Å². The molecule has 2 aromatic rings. The summed E-state index contributed by atoms with van der Waals surface area (Å²) in [4.78, 5) is 33.3. The molecule has 1 saturated heterocycles. The number of piperidine rings is 1. The van der Waals surface area contributed by atoms with E-state index in [0.29, 0.717) is 55.5 Å². The van der Waals surface area contributed by atoms with Crippen LogP contribution in [0.15, 0.2) is 24.5 Å². The largest absolute Gasteiger partial charge is 0.466 e. The summed E-state index contributed by atoms with van der Waals surface area (Å²) < 4.78 is 5.08.